The fraction of sp³-hybridized carbons (Fsp3) is 0.500. The number of β-amino-alcohol motifs (C(OH)–C–C–N with tert-alkyl or cyclic N) is 1. The highest BCUT2D eigenvalue weighted by molar-refractivity contribution is 5.95. The third-order valence-corrected chi connectivity index (χ3v) is 3.46. The van der Waals surface area contributed by atoms with Gasteiger partial charge in [-0.2, -0.15) is 0 Å². The average molecular weight is 322 g/mol. The molecule has 23 heavy (non-hydrogen) atoms. The molecular weight excluding hydrogens is 300 g/mol. The highest BCUT2D eigenvalue weighted by Gasteiger charge is 2.30. The second-order valence-electron chi connectivity index (χ2n) is 5.12. The van der Waals surface area contributed by atoms with E-state index >= 15 is 0 Å². The molecule has 0 spiro atoms. The van der Waals surface area contributed by atoms with Crippen LogP contribution in [0.1, 0.15) is 13.3 Å². The molecule has 0 aliphatic carbocycles. The summed E-state index contributed by atoms with van der Waals surface area (Å²) < 4.78 is 10.7. The van der Waals surface area contributed by atoms with Crippen LogP contribution in [0.2, 0.25) is 0 Å². The summed E-state index contributed by atoms with van der Waals surface area (Å²) in [6.45, 7) is 3.45. The summed E-state index contributed by atoms with van der Waals surface area (Å²) >= 11 is 0. The first kappa shape index (κ1) is 17.2. The molecule has 7 heteroatoms. The Hall–Kier alpha value is -2.12. The number of rotatable bonds is 7. The lowest BCUT2D eigenvalue weighted by Crippen LogP contribution is -2.49. The Morgan fingerprint density at radius 1 is 1.43 bits per heavy atom. The molecule has 0 radical (unpaired) electrons. The third kappa shape index (κ3) is 4.94. The van der Waals surface area contributed by atoms with Crippen LogP contribution < -0.4 is 10.1 Å². The number of hydrogen-bond donors (Lipinski definition) is 2. The van der Waals surface area contributed by atoms with Crippen LogP contribution in [0.3, 0.4) is 0 Å². The minimum Gasteiger partial charge on any atom is -0.494 e. The molecule has 2 rings (SSSR count). The van der Waals surface area contributed by atoms with Crippen molar-refractivity contribution < 1.29 is 24.2 Å². The number of amides is 2. The van der Waals surface area contributed by atoms with E-state index in [-0.39, 0.29) is 31.4 Å². The minimum absolute atomic E-state index is 0.0476. The van der Waals surface area contributed by atoms with Crippen LogP contribution in [0.4, 0.5) is 5.69 Å². The maximum absolute atomic E-state index is 12.1. The molecule has 1 atom stereocenters. The molecule has 1 aromatic carbocycles. The van der Waals surface area contributed by atoms with Crippen molar-refractivity contribution in [2.45, 2.75) is 19.4 Å². The summed E-state index contributed by atoms with van der Waals surface area (Å²) in [6, 6.07) is 7.02. The first-order valence-corrected chi connectivity index (χ1v) is 7.68. The number of aliphatic hydroxyl groups excluding tert-OH is 1. The number of morpholine rings is 1. The molecule has 0 saturated carbocycles. The summed E-state index contributed by atoms with van der Waals surface area (Å²) in [5.74, 6) is 0.182. The van der Waals surface area contributed by atoms with Crippen molar-refractivity contribution in [1.29, 1.82) is 0 Å². The SMILES string of the molecule is CCOc1ccc(NC(=O)CC2OCCN(CCO)C2=O)cc1. The Kier molecular flexibility index (Phi) is 6.37. The van der Waals surface area contributed by atoms with Gasteiger partial charge in [-0.1, -0.05) is 0 Å². The normalized spacial score (nSPS) is 17.9. The smallest absolute Gasteiger partial charge is 0.252 e. The Labute approximate surface area is 135 Å². The summed E-state index contributed by atoms with van der Waals surface area (Å²) in [5, 5.41) is 11.7. The Balaban J connectivity index is 1.87. The predicted octanol–water partition coefficient (Wildman–Crippen LogP) is 0.634. The number of nitrogens with one attached hydrogen (secondary N) is 1. The molecule has 2 amide bonds. The van der Waals surface area contributed by atoms with Gasteiger partial charge in [0.05, 0.1) is 26.2 Å². The van der Waals surface area contributed by atoms with Crippen LogP contribution in [0.5, 0.6) is 5.75 Å². The van der Waals surface area contributed by atoms with Gasteiger partial charge in [-0.15, -0.1) is 0 Å². The summed E-state index contributed by atoms with van der Waals surface area (Å²) in [5.41, 5.74) is 0.633. The van der Waals surface area contributed by atoms with Gasteiger partial charge >= 0.3 is 0 Å². The lowest BCUT2D eigenvalue weighted by Gasteiger charge is -2.31. The number of hydrogen-bond acceptors (Lipinski definition) is 5. The maximum atomic E-state index is 12.1. The van der Waals surface area contributed by atoms with Gasteiger partial charge < -0.3 is 24.8 Å². The van der Waals surface area contributed by atoms with Crippen molar-refractivity contribution in [3.63, 3.8) is 0 Å². The Bertz CT molecular complexity index is 530. The summed E-state index contributed by atoms with van der Waals surface area (Å²) in [6.07, 6.45) is -0.841. The van der Waals surface area contributed by atoms with Crippen molar-refractivity contribution in [2.75, 3.05) is 38.2 Å². The third-order valence-electron chi connectivity index (χ3n) is 3.46. The number of ether oxygens (including phenoxy) is 2. The number of carbonyl (C=O) groups is 2. The fourth-order valence-electron chi connectivity index (χ4n) is 2.36. The first-order valence-electron chi connectivity index (χ1n) is 7.68. The number of carbonyl (C=O) groups excluding carboxylic acids is 2. The highest BCUT2D eigenvalue weighted by atomic mass is 16.5. The zero-order valence-electron chi connectivity index (χ0n) is 13.2. The molecule has 126 valence electrons. The molecular formula is C16H22N2O5. The van der Waals surface area contributed by atoms with Gasteiger partial charge in [-0.3, -0.25) is 9.59 Å². The van der Waals surface area contributed by atoms with Crippen LogP contribution in [0.25, 0.3) is 0 Å². The topological polar surface area (TPSA) is 88.1 Å². The quantitative estimate of drug-likeness (QED) is 0.769. The Morgan fingerprint density at radius 2 is 2.17 bits per heavy atom. The van der Waals surface area contributed by atoms with E-state index in [9.17, 15) is 9.59 Å². The van der Waals surface area contributed by atoms with Crippen LogP contribution in [0.15, 0.2) is 24.3 Å². The van der Waals surface area contributed by atoms with E-state index in [0.29, 0.717) is 25.4 Å². The van der Waals surface area contributed by atoms with E-state index < -0.39 is 6.10 Å². The molecule has 2 N–H and O–H groups in total. The molecule has 0 bridgehead atoms. The minimum atomic E-state index is -0.794. The second kappa shape index (κ2) is 8.50. The van der Waals surface area contributed by atoms with E-state index in [4.69, 9.17) is 14.6 Å². The average Bonchev–Trinajstić information content (AvgIpc) is 2.53. The number of nitrogens with zero attached hydrogens (tertiary/aromatic N) is 1. The largest absolute Gasteiger partial charge is 0.494 e. The maximum Gasteiger partial charge on any atom is 0.252 e. The number of aliphatic hydroxyl groups is 1. The standard InChI is InChI=1S/C16H22N2O5/c1-2-22-13-5-3-12(4-6-13)17-15(20)11-14-16(21)18(7-9-19)8-10-23-14/h3-6,14,19H,2,7-11H2,1H3,(H,17,20). The van der Waals surface area contributed by atoms with Crippen molar-refractivity contribution >= 4 is 17.5 Å². The molecule has 1 unspecified atom stereocenters. The van der Waals surface area contributed by atoms with Gasteiger partial charge in [0.25, 0.3) is 5.91 Å². The van der Waals surface area contributed by atoms with Crippen LogP contribution >= 0.6 is 0 Å². The van der Waals surface area contributed by atoms with Crippen molar-refractivity contribution in [3.8, 4) is 5.75 Å². The Morgan fingerprint density at radius 3 is 2.83 bits per heavy atom. The summed E-state index contributed by atoms with van der Waals surface area (Å²) in [4.78, 5) is 25.7. The molecule has 1 saturated heterocycles. The van der Waals surface area contributed by atoms with Gasteiger partial charge in [-0.25, -0.2) is 0 Å². The van der Waals surface area contributed by atoms with Gasteiger partial charge in [0.2, 0.25) is 5.91 Å². The van der Waals surface area contributed by atoms with Gasteiger partial charge in [0.15, 0.2) is 0 Å². The lowest BCUT2D eigenvalue weighted by molar-refractivity contribution is -0.155. The van der Waals surface area contributed by atoms with Gasteiger partial charge in [-0.05, 0) is 31.2 Å². The van der Waals surface area contributed by atoms with E-state index in [0.717, 1.165) is 5.75 Å². The lowest BCUT2D eigenvalue weighted by atomic mass is 10.1. The molecule has 7 nitrogen and oxygen atoms in total. The molecule has 1 heterocycles. The fourth-order valence-corrected chi connectivity index (χ4v) is 2.36. The molecule has 1 aliphatic rings. The molecule has 1 aliphatic heterocycles. The first-order chi connectivity index (χ1) is 11.1. The number of anilines is 1. The van der Waals surface area contributed by atoms with E-state index in [1.165, 1.54) is 4.90 Å². The highest BCUT2D eigenvalue weighted by Crippen LogP contribution is 2.17. The summed E-state index contributed by atoms with van der Waals surface area (Å²) in [7, 11) is 0. The number of benzene rings is 1. The van der Waals surface area contributed by atoms with Gasteiger partial charge in [0.1, 0.15) is 11.9 Å². The predicted molar refractivity (Wildman–Crippen MR) is 84.3 cm³/mol. The van der Waals surface area contributed by atoms with E-state index in [1.807, 2.05) is 6.92 Å². The van der Waals surface area contributed by atoms with Crippen LogP contribution in [0, 0.1) is 0 Å². The molecule has 0 aromatic heterocycles. The monoisotopic (exact) mass is 322 g/mol. The van der Waals surface area contributed by atoms with Crippen LogP contribution in [-0.4, -0.2) is 60.8 Å². The zero-order valence-corrected chi connectivity index (χ0v) is 13.2. The van der Waals surface area contributed by atoms with E-state index in [2.05, 4.69) is 5.32 Å². The van der Waals surface area contributed by atoms with E-state index in [1.54, 1.807) is 24.3 Å². The van der Waals surface area contributed by atoms with Crippen molar-refractivity contribution in [2.24, 2.45) is 0 Å². The van der Waals surface area contributed by atoms with Crippen LogP contribution in [-0.2, 0) is 14.3 Å². The van der Waals surface area contributed by atoms with Crippen molar-refractivity contribution in [1.82, 2.24) is 4.90 Å². The van der Waals surface area contributed by atoms with Gasteiger partial charge in [0, 0.05) is 18.8 Å². The second-order valence-corrected chi connectivity index (χ2v) is 5.12. The molecule has 1 aromatic rings. The van der Waals surface area contributed by atoms with Crippen molar-refractivity contribution in [3.05, 3.63) is 24.3 Å². The molecule has 1 fully saturated rings. The zero-order chi connectivity index (χ0) is 16.7.